The molecule has 0 unspecified atom stereocenters. The summed E-state index contributed by atoms with van der Waals surface area (Å²) < 4.78 is 0. The third kappa shape index (κ3) is 3.77. The zero-order chi connectivity index (χ0) is 13.8. The van der Waals surface area contributed by atoms with Crippen molar-refractivity contribution in [1.29, 1.82) is 0 Å². The second kappa shape index (κ2) is 6.15. The number of rotatable bonds is 3. The Labute approximate surface area is 125 Å². The average molecular weight is 316 g/mol. The van der Waals surface area contributed by atoms with Crippen molar-refractivity contribution < 1.29 is 5.11 Å². The van der Waals surface area contributed by atoms with E-state index in [4.69, 9.17) is 39.9 Å². The van der Waals surface area contributed by atoms with Gasteiger partial charge in [-0.05, 0) is 42.0 Å². The lowest BCUT2D eigenvalue weighted by Crippen LogP contribution is -1.92. The number of nitrogens with one attached hydrogen (secondary N) is 1. The molecule has 3 nitrogen and oxygen atoms in total. The lowest BCUT2D eigenvalue weighted by molar-refractivity contribution is 0.475. The van der Waals surface area contributed by atoms with Crippen molar-refractivity contribution in [2.24, 2.45) is 5.10 Å². The van der Waals surface area contributed by atoms with Gasteiger partial charge in [-0.3, -0.25) is 5.43 Å². The van der Waals surface area contributed by atoms with Gasteiger partial charge < -0.3 is 5.11 Å². The third-order valence-electron chi connectivity index (χ3n) is 2.29. The molecule has 98 valence electrons. The van der Waals surface area contributed by atoms with Gasteiger partial charge >= 0.3 is 0 Å². The highest BCUT2D eigenvalue weighted by Crippen LogP contribution is 2.33. The van der Waals surface area contributed by atoms with E-state index in [1.807, 2.05) is 0 Å². The number of halogens is 3. The molecule has 19 heavy (non-hydrogen) atoms. The van der Waals surface area contributed by atoms with E-state index in [0.717, 1.165) is 5.56 Å². The van der Waals surface area contributed by atoms with E-state index in [1.165, 1.54) is 0 Å². The lowest BCUT2D eigenvalue weighted by atomic mass is 10.2. The van der Waals surface area contributed by atoms with Crippen LogP contribution in [0.3, 0.4) is 0 Å². The second-order valence-corrected chi connectivity index (χ2v) is 4.96. The van der Waals surface area contributed by atoms with Crippen LogP contribution < -0.4 is 5.43 Å². The smallest absolute Gasteiger partial charge is 0.115 e. The van der Waals surface area contributed by atoms with Crippen LogP contribution in [0.25, 0.3) is 0 Å². The highest BCUT2D eigenvalue weighted by Gasteiger charge is 2.06. The Morgan fingerprint density at radius 1 is 1.00 bits per heavy atom. The number of hydrazone groups is 1. The van der Waals surface area contributed by atoms with E-state index in [-0.39, 0.29) is 5.75 Å². The summed E-state index contributed by atoms with van der Waals surface area (Å²) in [5, 5.41) is 14.4. The number of phenols is 1. The van der Waals surface area contributed by atoms with Crippen LogP contribution in [0.15, 0.2) is 41.5 Å². The van der Waals surface area contributed by atoms with E-state index in [9.17, 15) is 0 Å². The summed E-state index contributed by atoms with van der Waals surface area (Å²) in [6.07, 6.45) is 1.58. The molecule has 0 aliphatic rings. The maximum atomic E-state index is 9.15. The molecule has 0 saturated heterocycles. The SMILES string of the molecule is Oc1ccc(/C=N/Nc2c(Cl)cc(Cl)cc2Cl)cc1. The predicted molar refractivity (Wildman–Crippen MR) is 80.8 cm³/mol. The molecule has 0 atom stereocenters. The van der Waals surface area contributed by atoms with E-state index in [2.05, 4.69) is 10.5 Å². The molecule has 2 aromatic rings. The highest BCUT2D eigenvalue weighted by atomic mass is 35.5. The van der Waals surface area contributed by atoms with Gasteiger partial charge in [-0.2, -0.15) is 5.10 Å². The summed E-state index contributed by atoms with van der Waals surface area (Å²) >= 11 is 17.8. The molecule has 0 heterocycles. The molecule has 2 aromatic carbocycles. The van der Waals surface area contributed by atoms with Crippen LogP contribution in [0.5, 0.6) is 5.75 Å². The highest BCUT2D eigenvalue weighted by molar-refractivity contribution is 6.41. The summed E-state index contributed by atoms with van der Waals surface area (Å²) in [5.74, 6) is 0.203. The van der Waals surface area contributed by atoms with E-state index < -0.39 is 0 Å². The molecule has 6 heteroatoms. The Bertz CT molecular complexity index is 589. The number of anilines is 1. The van der Waals surface area contributed by atoms with Gasteiger partial charge in [0.25, 0.3) is 0 Å². The average Bonchev–Trinajstić information content (AvgIpc) is 2.34. The molecule has 0 aliphatic heterocycles. The van der Waals surface area contributed by atoms with Gasteiger partial charge in [0, 0.05) is 5.02 Å². The summed E-state index contributed by atoms with van der Waals surface area (Å²) in [4.78, 5) is 0. The van der Waals surface area contributed by atoms with E-state index in [1.54, 1.807) is 42.6 Å². The maximum Gasteiger partial charge on any atom is 0.115 e. The molecular weight excluding hydrogens is 307 g/mol. The summed E-state index contributed by atoms with van der Waals surface area (Å²) in [7, 11) is 0. The zero-order valence-corrected chi connectivity index (χ0v) is 11.8. The Morgan fingerprint density at radius 2 is 1.58 bits per heavy atom. The molecule has 0 aliphatic carbocycles. The number of nitrogens with zero attached hydrogens (tertiary/aromatic N) is 1. The number of hydrogen-bond donors (Lipinski definition) is 2. The fourth-order valence-electron chi connectivity index (χ4n) is 1.38. The quantitative estimate of drug-likeness (QED) is 0.631. The minimum absolute atomic E-state index is 0.203. The van der Waals surface area contributed by atoms with Crippen LogP contribution in [0.4, 0.5) is 5.69 Å². The van der Waals surface area contributed by atoms with Crippen LogP contribution in [0, 0.1) is 0 Å². The number of benzene rings is 2. The molecule has 0 amide bonds. The lowest BCUT2D eigenvalue weighted by Gasteiger charge is -2.06. The van der Waals surface area contributed by atoms with Gasteiger partial charge in [-0.15, -0.1) is 0 Å². The zero-order valence-electron chi connectivity index (χ0n) is 9.57. The molecular formula is C13H9Cl3N2O. The van der Waals surface area contributed by atoms with E-state index in [0.29, 0.717) is 20.8 Å². The van der Waals surface area contributed by atoms with Crippen LogP contribution in [0.2, 0.25) is 15.1 Å². The van der Waals surface area contributed by atoms with Crippen molar-refractivity contribution in [1.82, 2.24) is 0 Å². The van der Waals surface area contributed by atoms with Gasteiger partial charge in [0.05, 0.1) is 21.9 Å². The van der Waals surface area contributed by atoms with Crippen molar-refractivity contribution in [3.8, 4) is 5.75 Å². The Morgan fingerprint density at radius 3 is 2.16 bits per heavy atom. The van der Waals surface area contributed by atoms with Crippen LogP contribution in [-0.4, -0.2) is 11.3 Å². The van der Waals surface area contributed by atoms with Gasteiger partial charge in [-0.25, -0.2) is 0 Å². The number of hydrogen-bond acceptors (Lipinski definition) is 3. The molecule has 0 radical (unpaired) electrons. The summed E-state index contributed by atoms with van der Waals surface area (Å²) in [6, 6.07) is 9.76. The fourth-order valence-corrected chi connectivity index (χ4v) is 2.28. The predicted octanol–water partition coefficient (Wildman–Crippen LogP) is 4.80. The molecule has 2 rings (SSSR count). The Balaban J connectivity index is 2.12. The molecule has 0 bridgehead atoms. The second-order valence-electron chi connectivity index (χ2n) is 3.71. The van der Waals surface area contributed by atoms with Crippen molar-refractivity contribution in [3.05, 3.63) is 57.0 Å². The maximum absolute atomic E-state index is 9.15. The van der Waals surface area contributed by atoms with Gasteiger partial charge in [0.2, 0.25) is 0 Å². The molecule has 0 saturated carbocycles. The standard InChI is InChI=1S/C13H9Cl3N2O/c14-9-5-11(15)13(12(16)6-9)18-17-7-8-1-3-10(19)4-2-8/h1-7,18-19H/b17-7+. The topological polar surface area (TPSA) is 44.6 Å². The first-order valence-corrected chi connectivity index (χ1v) is 6.42. The fraction of sp³-hybridized carbons (Fsp3) is 0. The third-order valence-corrected chi connectivity index (χ3v) is 3.10. The summed E-state index contributed by atoms with van der Waals surface area (Å²) in [6.45, 7) is 0. The minimum atomic E-state index is 0.203. The van der Waals surface area contributed by atoms with E-state index >= 15 is 0 Å². The molecule has 0 aromatic heterocycles. The van der Waals surface area contributed by atoms with Crippen molar-refractivity contribution >= 4 is 46.7 Å². The van der Waals surface area contributed by atoms with Gasteiger partial charge in [0.1, 0.15) is 5.75 Å². The summed E-state index contributed by atoms with van der Waals surface area (Å²) in [5.41, 5.74) is 4.07. The largest absolute Gasteiger partial charge is 0.508 e. The number of phenolic OH excluding ortho intramolecular Hbond substituents is 1. The normalized spacial score (nSPS) is 10.9. The first kappa shape index (κ1) is 14.0. The molecule has 2 N–H and O–H groups in total. The molecule has 0 fully saturated rings. The van der Waals surface area contributed by atoms with Gasteiger partial charge in [0.15, 0.2) is 0 Å². The first-order chi connectivity index (χ1) is 9.06. The van der Waals surface area contributed by atoms with Crippen molar-refractivity contribution in [2.75, 3.05) is 5.43 Å². The first-order valence-electron chi connectivity index (χ1n) is 5.29. The number of aromatic hydroxyl groups is 1. The Kier molecular flexibility index (Phi) is 4.53. The Hall–Kier alpha value is -1.42. The minimum Gasteiger partial charge on any atom is -0.508 e. The van der Waals surface area contributed by atoms with Gasteiger partial charge in [-0.1, -0.05) is 34.8 Å². The van der Waals surface area contributed by atoms with Crippen molar-refractivity contribution in [3.63, 3.8) is 0 Å². The molecule has 0 spiro atoms. The van der Waals surface area contributed by atoms with Crippen LogP contribution in [0.1, 0.15) is 5.56 Å². The monoisotopic (exact) mass is 314 g/mol. The van der Waals surface area contributed by atoms with Crippen molar-refractivity contribution in [2.45, 2.75) is 0 Å². The van der Waals surface area contributed by atoms with Crippen LogP contribution >= 0.6 is 34.8 Å². The van der Waals surface area contributed by atoms with Crippen LogP contribution in [-0.2, 0) is 0 Å².